The van der Waals surface area contributed by atoms with Crippen LogP contribution in [0.25, 0.3) is 10.2 Å². The molecule has 0 spiro atoms. The monoisotopic (exact) mass is 325 g/mol. The van der Waals surface area contributed by atoms with Gasteiger partial charge in [-0.2, -0.15) is 4.31 Å². The third-order valence-corrected chi connectivity index (χ3v) is 6.23. The molecule has 1 aliphatic rings. The number of para-hydroxylation sites is 1. The smallest absolute Gasteiger partial charge is 0.211 e. The number of aryl methyl sites for hydroxylation is 1. The lowest BCUT2D eigenvalue weighted by Crippen LogP contribution is -2.48. The summed E-state index contributed by atoms with van der Waals surface area (Å²) in [5, 5.41) is 0.999. The predicted octanol–water partition coefficient (Wildman–Crippen LogP) is 1.94. The van der Waals surface area contributed by atoms with Crippen LogP contribution < -0.4 is 4.90 Å². The number of hydrogen-bond donors (Lipinski definition) is 0. The van der Waals surface area contributed by atoms with E-state index in [1.807, 2.05) is 0 Å². The van der Waals surface area contributed by atoms with Crippen LogP contribution in [0, 0.1) is 0 Å². The van der Waals surface area contributed by atoms with E-state index in [1.54, 1.807) is 11.3 Å². The number of rotatable bonds is 3. The van der Waals surface area contributed by atoms with Gasteiger partial charge in [0.2, 0.25) is 10.0 Å². The number of nitrogens with zero attached hydrogens (tertiary/aromatic N) is 3. The molecule has 0 amide bonds. The Labute approximate surface area is 129 Å². The van der Waals surface area contributed by atoms with Crippen molar-refractivity contribution in [2.45, 2.75) is 13.3 Å². The molecule has 2 aromatic rings. The van der Waals surface area contributed by atoms with Crippen molar-refractivity contribution in [1.82, 2.24) is 9.29 Å². The summed E-state index contributed by atoms with van der Waals surface area (Å²) in [4.78, 5) is 6.96. The summed E-state index contributed by atoms with van der Waals surface area (Å²) in [7, 11) is -3.08. The summed E-state index contributed by atoms with van der Waals surface area (Å²) in [6.07, 6.45) is 2.25. The Morgan fingerprint density at radius 2 is 1.95 bits per heavy atom. The topological polar surface area (TPSA) is 53.5 Å². The highest BCUT2D eigenvalue weighted by molar-refractivity contribution is 7.88. The molecule has 0 atom stereocenters. The zero-order chi connectivity index (χ0) is 15.0. The van der Waals surface area contributed by atoms with Crippen molar-refractivity contribution >= 4 is 36.7 Å². The van der Waals surface area contributed by atoms with E-state index >= 15 is 0 Å². The Kier molecular flexibility index (Phi) is 3.90. The number of aromatic nitrogens is 1. The van der Waals surface area contributed by atoms with E-state index in [-0.39, 0.29) is 0 Å². The average molecular weight is 325 g/mol. The van der Waals surface area contributed by atoms with E-state index in [0.29, 0.717) is 26.2 Å². The molecule has 3 rings (SSSR count). The van der Waals surface area contributed by atoms with Gasteiger partial charge in [0.05, 0.1) is 16.5 Å². The molecule has 0 radical (unpaired) electrons. The quantitative estimate of drug-likeness (QED) is 0.865. The van der Waals surface area contributed by atoms with Gasteiger partial charge in [0.25, 0.3) is 0 Å². The fourth-order valence-corrected chi connectivity index (χ4v) is 4.52. The molecule has 0 saturated carbocycles. The van der Waals surface area contributed by atoms with E-state index in [4.69, 9.17) is 4.98 Å². The highest BCUT2D eigenvalue weighted by Crippen LogP contribution is 2.31. The number of sulfonamides is 1. The highest BCUT2D eigenvalue weighted by Gasteiger charge is 2.25. The fourth-order valence-electron chi connectivity index (χ4n) is 2.63. The number of fused-ring (bicyclic) bond motifs is 1. The minimum absolute atomic E-state index is 0.537. The fraction of sp³-hybridized carbons (Fsp3) is 0.500. The number of piperazine rings is 1. The minimum Gasteiger partial charge on any atom is -0.345 e. The molecular formula is C14H19N3O2S2. The molecule has 21 heavy (non-hydrogen) atoms. The Morgan fingerprint density at radius 3 is 2.57 bits per heavy atom. The van der Waals surface area contributed by atoms with Crippen LogP contribution in [-0.4, -0.2) is 50.1 Å². The lowest BCUT2D eigenvalue weighted by atomic mass is 10.1. The number of hydrogen-bond acceptors (Lipinski definition) is 5. The molecule has 1 aromatic heterocycles. The second-order valence-electron chi connectivity index (χ2n) is 5.26. The molecule has 114 valence electrons. The van der Waals surface area contributed by atoms with Crippen LogP contribution in [0.2, 0.25) is 0 Å². The molecule has 1 aromatic carbocycles. The van der Waals surface area contributed by atoms with Gasteiger partial charge in [-0.3, -0.25) is 0 Å². The van der Waals surface area contributed by atoms with Crippen LogP contribution in [0.1, 0.15) is 12.5 Å². The largest absolute Gasteiger partial charge is 0.345 e. The molecule has 1 aliphatic heterocycles. The first-order chi connectivity index (χ1) is 9.99. The number of benzene rings is 1. The zero-order valence-corrected chi connectivity index (χ0v) is 13.9. The average Bonchev–Trinajstić information content (AvgIpc) is 2.90. The van der Waals surface area contributed by atoms with Crippen LogP contribution >= 0.6 is 11.3 Å². The van der Waals surface area contributed by atoms with Gasteiger partial charge in [0, 0.05) is 26.2 Å². The molecular weight excluding hydrogens is 306 g/mol. The van der Waals surface area contributed by atoms with Gasteiger partial charge in [-0.25, -0.2) is 13.4 Å². The van der Waals surface area contributed by atoms with Crippen LogP contribution in [0.5, 0.6) is 0 Å². The molecule has 7 heteroatoms. The summed E-state index contributed by atoms with van der Waals surface area (Å²) >= 11 is 1.69. The van der Waals surface area contributed by atoms with Crippen molar-refractivity contribution in [3.8, 4) is 0 Å². The van der Waals surface area contributed by atoms with Crippen molar-refractivity contribution < 1.29 is 8.42 Å². The molecule has 2 heterocycles. The Hall–Kier alpha value is -1.18. The van der Waals surface area contributed by atoms with Gasteiger partial charge >= 0.3 is 0 Å². The van der Waals surface area contributed by atoms with Crippen LogP contribution in [0.15, 0.2) is 18.2 Å². The maximum atomic E-state index is 11.5. The van der Waals surface area contributed by atoms with Gasteiger partial charge in [-0.05, 0) is 18.1 Å². The number of anilines is 1. The molecule has 0 bridgehead atoms. The minimum atomic E-state index is -3.08. The van der Waals surface area contributed by atoms with E-state index < -0.39 is 10.0 Å². The van der Waals surface area contributed by atoms with Gasteiger partial charge in [-0.1, -0.05) is 30.4 Å². The summed E-state index contributed by atoms with van der Waals surface area (Å²) in [5.74, 6) is 0. The maximum absolute atomic E-state index is 11.5. The van der Waals surface area contributed by atoms with E-state index in [9.17, 15) is 8.42 Å². The van der Waals surface area contributed by atoms with Crippen LogP contribution in [0.3, 0.4) is 0 Å². The molecule has 1 fully saturated rings. The lowest BCUT2D eigenvalue weighted by Gasteiger charge is -2.32. The van der Waals surface area contributed by atoms with Gasteiger partial charge in [0.1, 0.15) is 0 Å². The van der Waals surface area contributed by atoms with Crippen molar-refractivity contribution in [1.29, 1.82) is 0 Å². The first kappa shape index (κ1) is 14.7. The van der Waals surface area contributed by atoms with Crippen molar-refractivity contribution in [2.24, 2.45) is 0 Å². The highest BCUT2D eigenvalue weighted by atomic mass is 32.2. The second-order valence-corrected chi connectivity index (χ2v) is 8.25. The third kappa shape index (κ3) is 2.90. The Balaban J connectivity index is 1.83. The van der Waals surface area contributed by atoms with Crippen molar-refractivity contribution in [3.05, 3.63) is 23.8 Å². The van der Waals surface area contributed by atoms with Gasteiger partial charge < -0.3 is 4.90 Å². The molecule has 0 aliphatic carbocycles. The van der Waals surface area contributed by atoms with E-state index in [1.165, 1.54) is 20.8 Å². The summed E-state index contributed by atoms with van der Waals surface area (Å²) in [6, 6.07) is 6.29. The Morgan fingerprint density at radius 1 is 1.24 bits per heavy atom. The standard InChI is InChI=1S/C14H19N3O2S2/c1-3-11-5-4-6-12-13(11)15-14(20-12)16-7-9-17(10-8-16)21(2,18)19/h4-6H,3,7-10H2,1-2H3. The first-order valence-corrected chi connectivity index (χ1v) is 9.74. The molecule has 1 saturated heterocycles. The lowest BCUT2D eigenvalue weighted by molar-refractivity contribution is 0.388. The zero-order valence-electron chi connectivity index (χ0n) is 12.2. The van der Waals surface area contributed by atoms with E-state index in [0.717, 1.165) is 17.1 Å². The summed E-state index contributed by atoms with van der Waals surface area (Å²) in [6.45, 7) is 4.62. The summed E-state index contributed by atoms with van der Waals surface area (Å²) < 4.78 is 25.8. The predicted molar refractivity (Wildman–Crippen MR) is 87.6 cm³/mol. The second kappa shape index (κ2) is 5.55. The Bertz CT molecular complexity index is 747. The first-order valence-electron chi connectivity index (χ1n) is 7.07. The van der Waals surface area contributed by atoms with E-state index in [2.05, 4.69) is 30.0 Å². The molecule has 5 nitrogen and oxygen atoms in total. The SMILES string of the molecule is CCc1cccc2sc(N3CCN(S(C)(=O)=O)CC3)nc12. The van der Waals surface area contributed by atoms with Crippen molar-refractivity contribution in [2.75, 3.05) is 37.3 Å². The third-order valence-electron chi connectivity index (χ3n) is 3.85. The van der Waals surface area contributed by atoms with Crippen LogP contribution in [-0.2, 0) is 16.4 Å². The number of thiazole rings is 1. The summed E-state index contributed by atoms with van der Waals surface area (Å²) in [5.41, 5.74) is 2.36. The normalized spacial score (nSPS) is 17.5. The van der Waals surface area contributed by atoms with Crippen LogP contribution in [0.4, 0.5) is 5.13 Å². The van der Waals surface area contributed by atoms with Crippen molar-refractivity contribution in [3.63, 3.8) is 0 Å². The van der Waals surface area contributed by atoms with Gasteiger partial charge in [-0.15, -0.1) is 0 Å². The molecule has 0 N–H and O–H groups in total. The molecule has 0 unspecified atom stereocenters. The van der Waals surface area contributed by atoms with Gasteiger partial charge in [0.15, 0.2) is 5.13 Å². The maximum Gasteiger partial charge on any atom is 0.211 e.